The zero-order chi connectivity index (χ0) is 13.4. The average molecular weight is 246 g/mol. The first-order valence-electron chi connectivity index (χ1n) is 6.86. The van der Waals surface area contributed by atoms with E-state index >= 15 is 0 Å². The molecule has 0 bridgehead atoms. The highest BCUT2D eigenvalue weighted by Crippen LogP contribution is 2.16. The smallest absolute Gasteiger partial charge is 0.0398 e. The number of benzene rings is 1. The highest BCUT2D eigenvalue weighted by molar-refractivity contribution is 5.49. The van der Waals surface area contributed by atoms with Crippen LogP contribution in [-0.4, -0.2) is 26.2 Å². The van der Waals surface area contributed by atoms with Crippen LogP contribution >= 0.6 is 0 Å². The zero-order valence-electron chi connectivity index (χ0n) is 12.0. The normalized spacial score (nSPS) is 10.4. The van der Waals surface area contributed by atoms with Crippen molar-refractivity contribution < 1.29 is 0 Å². The van der Waals surface area contributed by atoms with Crippen molar-refractivity contribution in [2.24, 2.45) is 0 Å². The van der Waals surface area contributed by atoms with Crippen LogP contribution in [0.15, 0.2) is 36.4 Å². The third-order valence-electron chi connectivity index (χ3n) is 2.96. The standard InChI is InChI=1S/C16H26N2/c1-5-10-17-12-15(4)13-18(6-2)16-9-7-8-14(3)11-16/h7-9,11,17H,4-6,10,12-13H2,1-3H3. The van der Waals surface area contributed by atoms with Gasteiger partial charge >= 0.3 is 0 Å². The van der Waals surface area contributed by atoms with Gasteiger partial charge in [0, 0.05) is 25.3 Å². The fourth-order valence-electron chi connectivity index (χ4n) is 1.98. The van der Waals surface area contributed by atoms with Gasteiger partial charge in [0.25, 0.3) is 0 Å². The van der Waals surface area contributed by atoms with Gasteiger partial charge < -0.3 is 10.2 Å². The first-order chi connectivity index (χ1) is 8.67. The molecule has 0 heterocycles. The summed E-state index contributed by atoms with van der Waals surface area (Å²) >= 11 is 0. The van der Waals surface area contributed by atoms with Crippen molar-refractivity contribution in [2.45, 2.75) is 27.2 Å². The Morgan fingerprint density at radius 2 is 2.11 bits per heavy atom. The molecule has 100 valence electrons. The molecule has 0 unspecified atom stereocenters. The van der Waals surface area contributed by atoms with Crippen molar-refractivity contribution in [1.29, 1.82) is 0 Å². The van der Waals surface area contributed by atoms with Gasteiger partial charge in [0.05, 0.1) is 0 Å². The number of nitrogens with one attached hydrogen (secondary N) is 1. The first kappa shape index (κ1) is 14.8. The quantitative estimate of drug-likeness (QED) is 0.559. The van der Waals surface area contributed by atoms with Crippen LogP contribution in [0.1, 0.15) is 25.8 Å². The fourth-order valence-corrected chi connectivity index (χ4v) is 1.98. The van der Waals surface area contributed by atoms with Crippen LogP contribution in [0.3, 0.4) is 0 Å². The van der Waals surface area contributed by atoms with Gasteiger partial charge in [-0.1, -0.05) is 25.6 Å². The van der Waals surface area contributed by atoms with Crippen LogP contribution in [0.4, 0.5) is 5.69 Å². The molecule has 0 spiro atoms. The van der Waals surface area contributed by atoms with Crippen molar-refractivity contribution in [3.05, 3.63) is 42.0 Å². The van der Waals surface area contributed by atoms with Crippen LogP contribution in [0.2, 0.25) is 0 Å². The van der Waals surface area contributed by atoms with E-state index in [-0.39, 0.29) is 0 Å². The van der Waals surface area contributed by atoms with Crippen LogP contribution < -0.4 is 10.2 Å². The van der Waals surface area contributed by atoms with Gasteiger partial charge in [-0.05, 0) is 50.1 Å². The second-order valence-corrected chi connectivity index (χ2v) is 4.78. The second-order valence-electron chi connectivity index (χ2n) is 4.78. The molecular formula is C16H26N2. The molecule has 0 aliphatic heterocycles. The van der Waals surface area contributed by atoms with Crippen LogP contribution in [0, 0.1) is 6.92 Å². The molecule has 0 amide bonds. The molecule has 1 rings (SSSR count). The van der Waals surface area contributed by atoms with E-state index < -0.39 is 0 Å². The summed E-state index contributed by atoms with van der Waals surface area (Å²) in [5.74, 6) is 0. The van der Waals surface area contributed by atoms with Gasteiger partial charge in [-0.15, -0.1) is 0 Å². The van der Waals surface area contributed by atoms with Crippen LogP contribution in [-0.2, 0) is 0 Å². The summed E-state index contributed by atoms with van der Waals surface area (Å²) in [6.45, 7) is 14.6. The number of rotatable bonds is 8. The highest BCUT2D eigenvalue weighted by atomic mass is 15.1. The van der Waals surface area contributed by atoms with E-state index in [9.17, 15) is 0 Å². The number of likely N-dealkylation sites (N-methyl/N-ethyl adjacent to an activating group) is 1. The van der Waals surface area contributed by atoms with E-state index in [1.807, 2.05) is 0 Å². The molecule has 2 heteroatoms. The van der Waals surface area contributed by atoms with Gasteiger partial charge in [0.15, 0.2) is 0 Å². The summed E-state index contributed by atoms with van der Waals surface area (Å²) in [6, 6.07) is 8.65. The monoisotopic (exact) mass is 246 g/mol. The lowest BCUT2D eigenvalue weighted by Crippen LogP contribution is -2.29. The topological polar surface area (TPSA) is 15.3 Å². The minimum atomic E-state index is 0.913. The van der Waals surface area contributed by atoms with Crippen molar-refractivity contribution in [3.8, 4) is 0 Å². The highest BCUT2D eigenvalue weighted by Gasteiger charge is 2.05. The van der Waals surface area contributed by atoms with Crippen LogP contribution in [0.25, 0.3) is 0 Å². The van der Waals surface area contributed by atoms with Crippen molar-refractivity contribution in [2.75, 3.05) is 31.1 Å². The summed E-state index contributed by atoms with van der Waals surface area (Å²) in [5.41, 5.74) is 3.83. The molecule has 1 N–H and O–H groups in total. The molecule has 0 radical (unpaired) electrons. The molecule has 0 fully saturated rings. The predicted octanol–water partition coefficient (Wildman–Crippen LogP) is 3.38. The minimum absolute atomic E-state index is 0.913. The van der Waals surface area contributed by atoms with Crippen LogP contribution in [0.5, 0.6) is 0 Å². The molecule has 0 atom stereocenters. The summed E-state index contributed by atoms with van der Waals surface area (Å²) in [7, 11) is 0. The Morgan fingerprint density at radius 1 is 1.33 bits per heavy atom. The van der Waals surface area contributed by atoms with E-state index in [0.717, 1.165) is 26.2 Å². The number of aryl methyl sites for hydroxylation is 1. The summed E-state index contributed by atoms with van der Waals surface area (Å²) < 4.78 is 0. The molecule has 0 saturated heterocycles. The maximum atomic E-state index is 4.16. The van der Waals surface area contributed by atoms with E-state index in [1.54, 1.807) is 0 Å². The molecule has 0 aliphatic rings. The fraction of sp³-hybridized carbons (Fsp3) is 0.500. The van der Waals surface area contributed by atoms with E-state index in [1.165, 1.54) is 23.2 Å². The minimum Gasteiger partial charge on any atom is -0.368 e. The lowest BCUT2D eigenvalue weighted by molar-refractivity contribution is 0.701. The van der Waals surface area contributed by atoms with Crippen molar-refractivity contribution in [3.63, 3.8) is 0 Å². The molecule has 0 aromatic heterocycles. The SMILES string of the molecule is C=C(CNCCC)CN(CC)c1cccc(C)c1. The molecule has 0 saturated carbocycles. The number of anilines is 1. The molecule has 1 aromatic carbocycles. The van der Waals surface area contributed by atoms with E-state index in [0.29, 0.717) is 0 Å². The van der Waals surface area contributed by atoms with E-state index in [2.05, 4.69) is 61.8 Å². The Kier molecular flexibility index (Phi) is 6.51. The van der Waals surface area contributed by atoms with Gasteiger partial charge in [-0.3, -0.25) is 0 Å². The molecule has 2 nitrogen and oxygen atoms in total. The lowest BCUT2D eigenvalue weighted by atomic mass is 10.2. The number of hydrogen-bond donors (Lipinski definition) is 1. The Balaban J connectivity index is 2.54. The summed E-state index contributed by atoms with van der Waals surface area (Å²) in [6.07, 6.45) is 1.17. The third kappa shape index (κ3) is 4.92. The van der Waals surface area contributed by atoms with Gasteiger partial charge in [-0.2, -0.15) is 0 Å². The molecular weight excluding hydrogens is 220 g/mol. The molecule has 18 heavy (non-hydrogen) atoms. The van der Waals surface area contributed by atoms with Crippen molar-refractivity contribution in [1.82, 2.24) is 5.32 Å². The Labute approximate surface area is 112 Å². The second kappa shape index (κ2) is 7.93. The third-order valence-corrected chi connectivity index (χ3v) is 2.96. The maximum Gasteiger partial charge on any atom is 0.0398 e. The zero-order valence-corrected chi connectivity index (χ0v) is 12.0. The lowest BCUT2D eigenvalue weighted by Gasteiger charge is -2.24. The first-order valence-corrected chi connectivity index (χ1v) is 6.86. The number of hydrogen-bond acceptors (Lipinski definition) is 2. The Bertz CT molecular complexity index is 371. The predicted molar refractivity (Wildman–Crippen MR) is 81.4 cm³/mol. The largest absolute Gasteiger partial charge is 0.368 e. The maximum absolute atomic E-state index is 4.16. The summed E-state index contributed by atoms with van der Waals surface area (Å²) in [5, 5.41) is 3.40. The Morgan fingerprint density at radius 3 is 2.72 bits per heavy atom. The average Bonchev–Trinajstić information content (AvgIpc) is 2.36. The molecule has 0 aliphatic carbocycles. The van der Waals surface area contributed by atoms with Gasteiger partial charge in [0.2, 0.25) is 0 Å². The van der Waals surface area contributed by atoms with Gasteiger partial charge in [-0.25, -0.2) is 0 Å². The summed E-state index contributed by atoms with van der Waals surface area (Å²) in [4.78, 5) is 2.36. The molecule has 1 aromatic rings. The Hall–Kier alpha value is -1.28. The van der Waals surface area contributed by atoms with E-state index in [4.69, 9.17) is 0 Å². The number of nitrogens with zero attached hydrogens (tertiary/aromatic N) is 1. The van der Waals surface area contributed by atoms with Gasteiger partial charge in [0.1, 0.15) is 0 Å². The van der Waals surface area contributed by atoms with Crippen molar-refractivity contribution >= 4 is 5.69 Å².